The van der Waals surface area contributed by atoms with E-state index in [2.05, 4.69) is 20.3 Å². The van der Waals surface area contributed by atoms with Gasteiger partial charge in [0.2, 0.25) is 17.7 Å². The Bertz CT molecular complexity index is 1090. The number of nitrogens with one attached hydrogen (secondary N) is 2. The minimum Gasteiger partial charge on any atom is -0.481 e. The van der Waals surface area contributed by atoms with Crippen LogP contribution in [0.2, 0.25) is 0 Å². The number of carbonyl (C=O) groups is 2. The summed E-state index contributed by atoms with van der Waals surface area (Å²) in [5.74, 6) is -1.03. The Kier molecular flexibility index (Phi) is 9.44. The lowest BCUT2D eigenvalue weighted by Gasteiger charge is -2.21. The van der Waals surface area contributed by atoms with Crippen LogP contribution in [0, 0.1) is 0 Å². The van der Waals surface area contributed by atoms with Crippen LogP contribution in [-0.4, -0.2) is 69.5 Å². The van der Waals surface area contributed by atoms with Gasteiger partial charge in [-0.15, -0.1) is 0 Å². The summed E-state index contributed by atoms with van der Waals surface area (Å²) in [4.78, 5) is 35.4. The topological polar surface area (TPSA) is 168 Å². The van der Waals surface area contributed by atoms with Crippen LogP contribution >= 0.6 is 0 Å². The molecule has 0 spiro atoms. The molecule has 0 radical (unpaired) electrons. The van der Waals surface area contributed by atoms with Crippen molar-refractivity contribution >= 4 is 28.0 Å². The number of ether oxygens (including phenoxy) is 4. The Labute approximate surface area is 195 Å². The molecule has 2 aromatic heterocycles. The van der Waals surface area contributed by atoms with Gasteiger partial charge in [-0.05, 0) is 19.1 Å². The minimum atomic E-state index is -4.60. The third kappa shape index (κ3) is 7.21. The molecule has 13 nitrogen and oxygen atoms in total. The molecule has 0 saturated carbocycles. The van der Waals surface area contributed by atoms with Crippen molar-refractivity contribution in [3.05, 3.63) is 30.1 Å². The number of halogens is 1. The summed E-state index contributed by atoms with van der Waals surface area (Å²) in [6, 6.07) is 2.46. The lowest BCUT2D eigenvalue weighted by molar-refractivity contribution is -0.154. The lowest BCUT2D eigenvalue weighted by Crippen LogP contribution is -2.36. The van der Waals surface area contributed by atoms with E-state index >= 15 is 0 Å². The van der Waals surface area contributed by atoms with E-state index in [4.69, 9.17) is 18.9 Å². The number of pyridine rings is 1. The Balaban J connectivity index is 2.28. The van der Waals surface area contributed by atoms with Crippen molar-refractivity contribution in [2.45, 2.75) is 30.5 Å². The first-order chi connectivity index (χ1) is 16.1. The SMILES string of the molecule is COCCC(=O)O[C@H](c1ncccc1S(=O)(=O)NC(=O)Nc1nc(OC)cc(OC)n1)[C@H](C)F. The third-order valence-corrected chi connectivity index (χ3v) is 5.47. The van der Waals surface area contributed by atoms with Gasteiger partial charge in [0, 0.05) is 13.3 Å². The molecule has 0 bridgehead atoms. The molecule has 0 aliphatic rings. The maximum Gasteiger partial charge on any atom is 0.335 e. The Morgan fingerprint density at radius 1 is 1.15 bits per heavy atom. The lowest BCUT2D eigenvalue weighted by atomic mass is 10.1. The van der Waals surface area contributed by atoms with E-state index in [0.29, 0.717) is 0 Å². The molecule has 0 aromatic carbocycles. The third-order valence-electron chi connectivity index (χ3n) is 4.09. The zero-order chi connectivity index (χ0) is 25.3. The van der Waals surface area contributed by atoms with Gasteiger partial charge in [0.05, 0.1) is 33.3 Å². The number of rotatable bonds is 11. The number of hydrogen-bond acceptors (Lipinski definition) is 11. The number of alkyl halides is 1. The number of urea groups is 1. The molecule has 2 amide bonds. The highest BCUT2D eigenvalue weighted by Crippen LogP contribution is 2.28. The quantitative estimate of drug-likeness (QED) is 0.427. The van der Waals surface area contributed by atoms with Gasteiger partial charge in [0.15, 0.2) is 6.10 Å². The minimum absolute atomic E-state index is 0.0262. The van der Waals surface area contributed by atoms with E-state index < -0.39 is 44.9 Å². The summed E-state index contributed by atoms with van der Waals surface area (Å²) in [6.07, 6.45) is -2.45. The van der Waals surface area contributed by atoms with E-state index in [1.165, 1.54) is 39.7 Å². The summed E-state index contributed by atoms with van der Waals surface area (Å²) in [5, 5.41) is 2.14. The number of carbonyl (C=O) groups excluding carboxylic acids is 2. The number of amides is 2. The Hall–Kier alpha value is -3.59. The van der Waals surface area contributed by atoms with Crippen molar-refractivity contribution in [2.24, 2.45) is 0 Å². The van der Waals surface area contributed by atoms with Crippen LogP contribution in [0.15, 0.2) is 29.3 Å². The number of anilines is 1. The molecule has 2 aromatic rings. The fraction of sp³-hybridized carbons (Fsp3) is 0.421. The van der Waals surface area contributed by atoms with Gasteiger partial charge < -0.3 is 18.9 Å². The first-order valence-electron chi connectivity index (χ1n) is 9.69. The zero-order valence-corrected chi connectivity index (χ0v) is 19.6. The fourth-order valence-corrected chi connectivity index (χ4v) is 3.68. The van der Waals surface area contributed by atoms with Crippen molar-refractivity contribution in [3.8, 4) is 11.8 Å². The first-order valence-corrected chi connectivity index (χ1v) is 11.2. The largest absolute Gasteiger partial charge is 0.481 e. The van der Waals surface area contributed by atoms with Crippen molar-refractivity contribution < 1.29 is 41.3 Å². The molecule has 34 heavy (non-hydrogen) atoms. The van der Waals surface area contributed by atoms with Gasteiger partial charge in [0.25, 0.3) is 10.0 Å². The molecule has 0 fully saturated rings. The molecular weight excluding hydrogens is 477 g/mol. The summed E-state index contributed by atoms with van der Waals surface area (Å²) < 4.78 is 61.6. The average molecular weight is 501 g/mol. The first kappa shape index (κ1) is 26.7. The maximum atomic E-state index is 14.3. The summed E-state index contributed by atoms with van der Waals surface area (Å²) in [7, 11) is -0.580. The molecule has 0 aliphatic carbocycles. The molecule has 0 saturated heterocycles. The number of esters is 1. The average Bonchev–Trinajstić information content (AvgIpc) is 2.80. The van der Waals surface area contributed by atoms with E-state index in [1.54, 1.807) is 4.72 Å². The smallest absolute Gasteiger partial charge is 0.335 e. The number of aromatic nitrogens is 3. The maximum absolute atomic E-state index is 14.3. The van der Waals surface area contributed by atoms with E-state index in [-0.39, 0.29) is 30.7 Å². The van der Waals surface area contributed by atoms with Crippen LogP contribution in [0.4, 0.5) is 15.1 Å². The van der Waals surface area contributed by atoms with Crippen LogP contribution < -0.4 is 19.5 Å². The second kappa shape index (κ2) is 12.0. The molecule has 186 valence electrons. The predicted molar refractivity (Wildman–Crippen MR) is 115 cm³/mol. The van der Waals surface area contributed by atoms with Crippen LogP contribution in [-0.2, 0) is 24.3 Å². The van der Waals surface area contributed by atoms with E-state index in [9.17, 15) is 22.4 Å². The highest BCUT2D eigenvalue weighted by atomic mass is 32.2. The van der Waals surface area contributed by atoms with Gasteiger partial charge in [-0.3, -0.25) is 15.1 Å². The summed E-state index contributed by atoms with van der Waals surface area (Å²) in [6.45, 7) is 1.10. The second-order valence-corrected chi connectivity index (χ2v) is 8.20. The van der Waals surface area contributed by atoms with Crippen LogP contribution in [0.25, 0.3) is 0 Å². The van der Waals surface area contributed by atoms with Crippen molar-refractivity contribution in [3.63, 3.8) is 0 Å². The fourth-order valence-electron chi connectivity index (χ4n) is 2.57. The monoisotopic (exact) mass is 501 g/mol. The summed E-state index contributed by atoms with van der Waals surface area (Å²) >= 11 is 0. The van der Waals surface area contributed by atoms with Crippen LogP contribution in [0.3, 0.4) is 0 Å². The van der Waals surface area contributed by atoms with Crippen molar-refractivity contribution in [1.82, 2.24) is 19.7 Å². The van der Waals surface area contributed by atoms with Gasteiger partial charge in [0.1, 0.15) is 16.8 Å². The Morgan fingerprint density at radius 2 is 1.79 bits per heavy atom. The van der Waals surface area contributed by atoms with Crippen molar-refractivity contribution in [1.29, 1.82) is 0 Å². The molecule has 0 aliphatic heterocycles. The normalized spacial score (nSPS) is 12.9. The number of methoxy groups -OCH3 is 3. The van der Waals surface area contributed by atoms with E-state index in [1.807, 2.05) is 0 Å². The Morgan fingerprint density at radius 3 is 2.35 bits per heavy atom. The molecule has 15 heteroatoms. The predicted octanol–water partition coefficient (Wildman–Crippen LogP) is 1.38. The number of sulfonamides is 1. The van der Waals surface area contributed by atoms with E-state index in [0.717, 1.165) is 13.0 Å². The molecular formula is C19H24FN5O8S. The molecule has 2 rings (SSSR count). The van der Waals surface area contributed by atoms with Gasteiger partial charge in [-0.25, -0.2) is 22.3 Å². The van der Waals surface area contributed by atoms with Crippen molar-refractivity contribution in [2.75, 3.05) is 33.3 Å². The van der Waals surface area contributed by atoms with Gasteiger partial charge in [-0.1, -0.05) is 0 Å². The van der Waals surface area contributed by atoms with Crippen LogP contribution in [0.5, 0.6) is 11.8 Å². The number of hydrogen-bond donors (Lipinski definition) is 2. The zero-order valence-electron chi connectivity index (χ0n) is 18.8. The standard InChI is InChI=1S/C19H24FN5O8S/c1-11(20)17(33-15(26)7-9-30-2)16-12(6-5-8-21-16)34(28,29)25-19(27)24-18-22-13(31-3)10-14(23-18)32-4/h5-6,8,10-11,17H,7,9H2,1-4H3,(H2,22,23,24,25,27)/t11-,17-/m0/s1. The number of nitrogens with zero attached hydrogens (tertiary/aromatic N) is 3. The molecule has 2 atom stereocenters. The molecule has 0 unspecified atom stereocenters. The summed E-state index contributed by atoms with van der Waals surface area (Å²) in [5.41, 5.74) is -0.400. The molecule has 2 heterocycles. The van der Waals surface area contributed by atoms with Crippen LogP contribution in [0.1, 0.15) is 25.1 Å². The van der Waals surface area contributed by atoms with Gasteiger partial charge >= 0.3 is 12.0 Å². The highest BCUT2D eigenvalue weighted by molar-refractivity contribution is 7.90. The highest BCUT2D eigenvalue weighted by Gasteiger charge is 2.32. The van der Waals surface area contributed by atoms with Gasteiger partial charge in [-0.2, -0.15) is 9.97 Å². The second-order valence-electron chi connectivity index (χ2n) is 6.55. The molecule has 2 N–H and O–H groups in total.